The quantitative estimate of drug-likeness (QED) is 0.577. The average molecular weight is 376 g/mol. The lowest BCUT2D eigenvalue weighted by molar-refractivity contribution is -0.144. The minimum atomic E-state index is -1.20. The van der Waals surface area contributed by atoms with Crippen LogP contribution in [0.4, 0.5) is 0 Å². The predicted molar refractivity (Wildman–Crippen MR) is 97.1 cm³/mol. The number of cyclic esters (lactones) is 1. The maximum Gasteiger partial charge on any atom is 0.339 e. The second-order valence-electron chi connectivity index (χ2n) is 6.63. The zero-order valence-corrected chi connectivity index (χ0v) is 16.2. The summed E-state index contributed by atoms with van der Waals surface area (Å²) in [6.45, 7) is 5.45. The van der Waals surface area contributed by atoms with Gasteiger partial charge in [0.25, 0.3) is 0 Å². The van der Waals surface area contributed by atoms with Crippen molar-refractivity contribution >= 4 is 17.9 Å². The lowest BCUT2D eigenvalue weighted by Crippen LogP contribution is -2.14. The summed E-state index contributed by atoms with van der Waals surface area (Å²) in [5.41, 5.74) is 2.60. The van der Waals surface area contributed by atoms with Crippen LogP contribution in [-0.4, -0.2) is 37.2 Å². The molecule has 7 nitrogen and oxygen atoms in total. The second kappa shape index (κ2) is 8.24. The van der Waals surface area contributed by atoms with Crippen LogP contribution < -0.4 is 4.74 Å². The van der Waals surface area contributed by atoms with Crippen molar-refractivity contribution in [1.82, 2.24) is 0 Å². The molecule has 0 radical (unpaired) electrons. The molecule has 2 rings (SSSR count). The molecule has 1 aromatic rings. The summed E-state index contributed by atoms with van der Waals surface area (Å²) in [4.78, 5) is 35.6. The minimum Gasteiger partial charge on any atom is -0.496 e. The van der Waals surface area contributed by atoms with Crippen LogP contribution in [0.1, 0.15) is 57.7 Å². The molecule has 0 fully saturated rings. The van der Waals surface area contributed by atoms with Gasteiger partial charge in [-0.2, -0.15) is 0 Å². The first-order valence-corrected chi connectivity index (χ1v) is 8.59. The van der Waals surface area contributed by atoms with Crippen LogP contribution in [0.15, 0.2) is 11.6 Å². The molecular weight excluding hydrogens is 352 g/mol. The lowest BCUT2D eigenvalue weighted by atomic mass is 9.89. The first kappa shape index (κ1) is 20.5. The number of rotatable bonds is 7. The highest BCUT2D eigenvalue weighted by Crippen LogP contribution is 2.38. The minimum absolute atomic E-state index is 0.0441. The van der Waals surface area contributed by atoms with Crippen LogP contribution in [0.5, 0.6) is 5.75 Å². The molecule has 7 heteroatoms. The SMILES string of the molecule is COC(=O)C(C)C/C(C)=C/Cc1c(OC)c(C)c2c(c1C(=O)O)C(=O)OC2. The number of fused-ring (bicyclic) bond motifs is 1. The third-order valence-electron chi connectivity index (χ3n) is 4.78. The summed E-state index contributed by atoms with van der Waals surface area (Å²) in [6, 6.07) is 0. The number of esters is 2. The van der Waals surface area contributed by atoms with Gasteiger partial charge in [0.05, 0.1) is 31.3 Å². The fraction of sp³-hybridized carbons (Fsp3) is 0.450. The van der Waals surface area contributed by atoms with Crippen LogP contribution in [-0.2, 0) is 27.3 Å². The molecule has 1 aliphatic rings. The number of hydrogen-bond donors (Lipinski definition) is 1. The average Bonchev–Trinajstić information content (AvgIpc) is 3.00. The number of ether oxygens (including phenoxy) is 3. The van der Waals surface area contributed by atoms with Crippen LogP contribution in [0.2, 0.25) is 0 Å². The van der Waals surface area contributed by atoms with Gasteiger partial charge in [-0.05, 0) is 32.3 Å². The molecule has 1 aliphatic heterocycles. The Kier molecular flexibility index (Phi) is 6.25. The Morgan fingerprint density at radius 3 is 2.56 bits per heavy atom. The van der Waals surface area contributed by atoms with Crippen molar-refractivity contribution in [2.45, 2.75) is 40.2 Å². The fourth-order valence-electron chi connectivity index (χ4n) is 3.42. The molecule has 0 bridgehead atoms. The zero-order chi connectivity index (χ0) is 20.3. The number of allylic oxidation sites excluding steroid dienone is 2. The Balaban J connectivity index is 2.47. The summed E-state index contributed by atoms with van der Waals surface area (Å²) >= 11 is 0. The van der Waals surface area contributed by atoms with Crippen LogP contribution >= 0.6 is 0 Å². The monoisotopic (exact) mass is 376 g/mol. The lowest BCUT2D eigenvalue weighted by Gasteiger charge is -2.17. The van der Waals surface area contributed by atoms with Crippen molar-refractivity contribution in [2.75, 3.05) is 14.2 Å². The van der Waals surface area contributed by atoms with Gasteiger partial charge in [-0.3, -0.25) is 4.79 Å². The first-order valence-electron chi connectivity index (χ1n) is 8.59. The summed E-state index contributed by atoms with van der Waals surface area (Å²) in [5, 5.41) is 9.73. The van der Waals surface area contributed by atoms with Crippen molar-refractivity contribution in [1.29, 1.82) is 0 Å². The Labute approximate surface area is 157 Å². The zero-order valence-electron chi connectivity index (χ0n) is 16.2. The van der Waals surface area contributed by atoms with E-state index in [1.165, 1.54) is 14.2 Å². The normalized spacial score (nSPS) is 14.4. The standard InChI is InChI=1S/C20H24O7/c1-10(8-11(2)19(23)26-5)6-7-13-15(18(21)22)16-14(9-27-20(16)24)12(3)17(13)25-4/h6,11H,7-9H2,1-5H3,(H,21,22)/b10-6+. The van der Waals surface area contributed by atoms with E-state index in [9.17, 15) is 19.5 Å². The second-order valence-corrected chi connectivity index (χ2v) is 6.63. The largest absolute Gasteiger partial charge is 0.496 e. The molecule has 0 amide bonds. The number of methoxy groups -OCH3 is 2. The van der Waals surface area contributed by atoms with Crippen molar-refractivity contribution in [3.63, 3.8) is 0 Å². The molecule has 1 N–H and O–H groups in total. The van der Waals surface area contributed by atoms with Crippen molar-refractivity contribution in [2.24, 2.45) is 5.92 Å². The molecule has 146 valence electrons. The van der Waals surface area contributed by atoms with Crippen LogP contribution in [0.3, 0.4) is 0 Å². The number of aromatic carboxylic acids is 1. The third kappa shape index (κ3) is 3.97. The van der Waals surface area contributed by atoms with E-state index < -0.39 is 11.9 Å². The van der Waals surface area contributed by atoms with E-state index >= 15 is 0 Å². The van der Waals surface area contributed by atoms with E-state index in [1.807, 2.05) is 13.0 Å². The third-order valence-corrected chi connectivity index (χ3v) is 4.78. The summed E-state index contributed by atoms with van der Waals surface area (Å²) in [5.74, 6) is -2.00. The molecule has 0 aromatic heterocycles. The molecule has 0 spiro atoms. The topological polar surface area (TPSA) is 99.1 Å². The maximum atomic E-state index is 12.1. The van der Waals surface area contributed by atoms with Gasteiger partial charge in [0.15, 0.2) is 0 Å². The number of carbonyl (C=O) groups excluding carboxylic acids is 2. The van der Waals surface area contributed by atoms with E-state index in [2.05, 4.69) is 0 Å². The van der Waals surface area contributed by atoms with E-state index in [4.69, 9.17) is 14.2 Å². The first-order chi connectivity index (χ1) is 12.7. The van der Waals surface area contributed by atoms with Crippen molar-refractivity contribution in [3.05, 3.63) is 39.5 Å². The Morgan fingerprint density at radius 2 is 2.00 bits per heavy atom. The molecule has 1 heterocycles. The van der Waals surface area contributed by atoms with Crippen molar-refractivity contribution < 1.29 is 33.7 Å². The van der Waals surface area contributed by atoms with Crippen LogP contribution in [0, 0.1) is 12.8 Å². The molecule has 0 aliphatic carbocycles. The number of benzene rings is 1. The van der Waals surface area contributed by atoms with Gasteiger partial charge >= 0.3 is 17.9 Å². The smallest absolute Gasteiger partial charge is 0.339 e. The highest BCUT2D eigenvalue weighted by Gasteiger charge is 2.34. The van der Waals surface area contributed by atoms with Gasteiger partial charge in [0, 0.05) is 11.1 Å². The molecule has 27 heavy (non-hydrogen) atoms. The predicted octanol–water partition coefficient (Wildman–Crippen LogP) is 3.06. The molecule has 1 atom stereocenters. The van der Waals surface area contributed by atoms with Gasteiger partial charge in [0.2, 0.25) is 0 Å². The van der Waals surface area contributed by atoms with Gasteiger partial charge in [-0.15, -0.1) is 0 Å². The van der Waals surface area contributed by atoms with Crippen molar-refractivity contribution in [3.8, 4) is 5.75 Å². The Hall–Kier alpha value is -2.83. The maximum absolute atomic E-state index is 12.1. The molecule has 1 aromatic carbocycles. The summed E-state index contributed by atoms with van der Waals surface area (Å²) < 4.78 is 15.2. The van der Waals surface area contributed by atoms with E-state index in [0.717, 1.165) is 5.57 Å². The molecule has 0 saturated carbocycles. The number of hydrogen-bond acceptors (Lipinski definition) is 6. The number of carbonyl (C=O) groups is 3. The van der Waals surface area contributed by atoms with Gasteiger partial charge in [-0.25, -0.2) is 9.59 Å². The van der Waals surface area contributed by atoms with Gasteiger partial charge in [-0.1, -0.05) is 18.6 Å². The molecular formula is C20H24O7. The summed E-state index contributed by atoms with van der Waals surface area (Å²) in [7, 11) is 2.81. The van der Waals surface area contributed by atoms with E-state index in [0.29, 0.717) is 28.9 Å². The van der Waals surface area contributed by atoms with E-state index in [-0.39, 0.29) is 36.0 Å². The molecule has 1 unspecified atom stereocenters. The molecule has 0 saturated heterocycles. The van der Waals surface area contributed by atoms with Crippen LogP contribution in [0.25, 0.3) is 0 Å². The summed E-state index contributed by atoms with van der Waals surface area (Å²) in [6.07, 6.45) is 2.59. The number of carboxylic acid groups (broad SMARTS) is 1. The fourth-order valence-corrected chi connectivity index (χ4v) is 3.42. The highest BCUT2D eigenvalue weighted by atomic mass is 16.5. The van der Waals surface area contributed by atoms with Gasteiger partial charge < -0.3 is 19.3 Å². The number of carboxylic acids is 1. The van der Waals surface area contributed by atoms with E-state index in [1.54, 1.807) is 13.8 Å². The Bertz CT molecular complexity index is 820. The Morgan fingerprint density at radius 1 is 1.33 bits per heavy atom. The van der Waals surface area contributed by atoms with Gasteiger partial charge in [0.1, 0.15) is 12.4 Å². The highest BCUT2D eigenvalue weighted by molar-refractivity contribution is 6.07.